The Kier molecular flexibility index (Phi) is 6.75. The predicted octanol–water partition coefficient (Wildman–Crippen LogP) is -0.257. The summed E-state index contributed by atoms with van der Waals surface area (Å²) in [4.78, 5) is 17.8. The van der Waals surface area contributed by atoms with Gasteiger partial charge in [-0.25, -0.2) is 5.26 Å². The first kappa shape index (κ1) is 13.1. The first-order valence-corrected chi connectivity index (χ1v) is 3.61. The van der Waals surface area contributed by atoms with Gasteiger partial charge in [-0.1, -0.05) is 0 Å². The molecular formula is C2H5O6PZr. The maximum atomic E-state index is 10.1. The zero-order chi connectivity index (χ0) is 7.49. The first-order valence-electron chi connectivity index (χ1n) is 1.85. The van der Waals surface area contributed by atoms with Crippen LogP contribution in [-0.2, 0) is 40.2 Å². The molecule has 0 saturated heterocycles. The van der Waals surface area contributed by atoms with Gasteiger partial charge in [0.05, 0.1) is 0 Å². The zero-order valence-corrected chi connectivity index (χ0v) is 8.07. The Balaban J connectivity index is 0. The van der Waals surface area contributed by atoms with Gasteiger partial charge in [-0.3, -0.25) is 9.36 Å². The molecule has 0 fully saturated rings. The molecule has 3 N–H and O–H groups in total. The van der Waals surface area contributed by atoms with Crippen LogP contribution in [0.5, 0.6) is 0 Å². The Morgan fingerprint density at radius 2 is 2.00 bits per heavy atom. The van der Waals surface area contributed by atoms with E-state index in [9.17, 15) is 9.36 Å². The molecule has 58 valence electrons. The summed E-state index contributed by atoms with van der Waals surface area (Å²) >= 11 is 0. The van der Waals surface area contributed by atoms with E-state index in [-0.39, 0.29) is 26.2 Å². The van der Waals surface area contributed by atoms with Crippen molar-refractivity contribution in [3.05, 3.63) is 0 Å². The van der Waals surface area contributed by atoms with Crippen LogP contribution in [0.15, 0.2) is 0 Å². The van der Waals surface area contributed by atoms with E-state index in [0.29, 0.717) is 0 Å². The molecule has 0 aromatic carbocycles. The fourth-order valence-electron chi connectivity index (χ4n) is 0.200. The van der Waals surface area contributed by atoms with E-state index >= 15 is 0 Å². The molecular weight excluding hydrogens is 242 g/mol. The van der Waals surface area contributed by atoms with Gasteiger partial charge in [0.25, 0.3) is 0 Å². The summed E-state index contributed by atoms with van der Waals surface area (Å²) in [6.07, 6.45) is -1.09. The van der Waals surface area contributed by atoms with Gasteiger partial charge in [-0.05, 0) is 0 Å². The van der Waals surface area contributed by atoms with E-state index < -0.39 is 19.7 Å². The van der Waals surface area contributed by atoms with Gasteiger partial charge < -0.3 is 10.00 Å². The number of carboxylic acids is 1. The van der Waals surface area contributed by atoms with Crippen LogP contribution in [0.1, 0.15) is 0 Å². The average molecular weight is 247 g/mol. The molecule has 0 aliphatic rings. The van der Waals surface area contributed by atoms with Crippen LogP contribution < -0.4 is 0 Å². The molecule has 1 atom stereocenters. The summed E-state index contributed by atoms with van der Waals surface area (Å²) in [6, 6.07) is 0. The SMILES string of the molecule is O=C(O)CP(=O)(O)OO.[Zr]. The minimum absolute atomic E-state index is 0. The van der Waals surface area contributed by atoms with E-state index in [0.717, 1.165) is 0 Å². The largest absolute Gasteiger partial charge is 0.481 e. The first-order chi connectivity index (χ1) is 3.98. The Labute approximate surface area is 75.4 Å². The quantitative estimate of drug-likeness (QED) is 0.361. The van der Waals surface area contributed by atoms with Gasteiger partial charge in [-0.15, -0.1) is 0 Å². The molecule has 0 bridgehead atoms. The van der Waals surface area contributed by atoms with Crippen molar-refractivity contribution in [1.82, 2.24) is 0 Å². The van der Waals surface area contributed by atoms with E-state index in [1.165, 1.54) is 0 Å². The molecule has 10 heavy (non-hydrogen) atoms. The number of aliphatic carboxylic acids is 1. The van der Waals surface area contributed by atoms with Gasteiger partial charge in [0.1, 0.15) is 6.16 Å². The number of hydrogen-bond donors (Lipinski definition) is 3. The molecule has 0 amide bonds. The molecule has 0 saturated carbocycles. The fourth-order valence-corrected chi connectivity index (χ4v) is 0.599. The van der Waals surface area contributed by atoms with Crippen molar-refractivity contribution < 1.29 is 55.5 Å². The van der Waals surface area contributed by atoms with Crippen molar-refractivity contribution >= 4 is 13.6 Å². The Morgan fingerprint density at radius 3 is 2.10 bits per heavy atom. The molecule has 6 nitrogen and oxygen atoms in total. The maximum Gasteiger partial charge on any atom is 0.366 e. The van der Waals surface area contributed by atoms with Gasteiger partial charge in [-0.2, -0.15) is 4.67 Å². The van der Waals surface area contributed by atoms with E-state index in [1.807, 2.05) is 0 Å². The summed E-state index contributed by atoms with van der Waals surface area (Å²) in [5, 5.41) is 15.4. The number of carbonyl (C=O) groups is 1. The second-order valence-electron chi connectivity index (χ2n) is 1.27. The van der Waals surface area contributed by atoms with Gasteiger partial charge in [0, 0.05) is 26.2 Å². The Bertz CT molecular complexity index is 156. The number of hydrogen-bond acceptors (Lipinski definition) is 4. The molecule has 0 aromatic heterocycles. The molecule has 0 spiro atoms. The van der Waals surface area contributed by atoms with Crippen molar-refractivity contribution in [3.8, 4) is 0 Å². The third kappa shape index (κ3) is 6.58. The van der Waals surface area contributed by atoms with Crippen molar-refractivity contribution in [2.24, 2.45) is 0 Å². The molecule has 0 aliphatic heterocycles. The predicted molar refractivity (Wildman–Crippen MR) is 26.0 cm³/mol. The second kappa shape index (κ2) is 5.16. The summed E-state index contributed by atoms with van der Waals surface area (Å²) in [7, 11) is -4.27. The normalized spacial score (nSPS) is 15.0. The molecule has 0 rings (SSSR count). The standard InChI is InChI=1S/C2H5O6P.Zr/c3-2(4)1-9(6,7)8-5;/h5H,1H2,(H,3,4)(H,6,7);. The van der Waals surface area contributed by atoms with Gasteiger partial charge in [0.15, 0.2) is 0 Å². The van der Waals surface area contributed by atoms with Crippen molar-refractivity contribution in [1.29, 1.82) is 0 Å². The molecule has 8 heteroatoms. The van der Waals surface area contributed by atoms with Crippen LogP contribution in [0.2, 0.25) is 0 Å². The van der Waals surface area contributed by atoms with Crippen LogP contribution in [-0.4, -0.2) is 27.4 Å². The number of carboxylic acid groups (broad SMARTS) is 1. The fraction of sp³-hybridized carbons (Fsp3) is 0.500. The van der Waals surface area contributed by atoms with Crippen LogP contribution >= 0.6 is 7.60 Å². The summed E-state index contributed by atoms with van der Waals surface area (Å²) in [5.41, 5.74) is 0. The van der Waals surface area contributed by atoms with E-state index in [4.69, 9.17) is 15.3 Å². The Morgan fingerprint density at radius 1 is 1.60 bits per heavy atom. The van der Waals surface area contributed by atoms with Crippen molar-refractivity contribution in [2.75, 3.05) is 6.16 Å². The molecule has 0 aliphatic carbocycles. The van der Waals surface area contributed by atoms with Crippen LogP contribution in [0.4, 0.5) is 0 Å². The van der Waals surface area contributed by atoms with E-state index in [2.05, 4.69) is 4.67 Å². The molecule has 0 heterocycles. The molecule has 1 unspecified atom stereocenters. The second-order valence-corrected chi connectivity index (χ2v) is 3.03. The Hall–Kier alpha value is 0.463. The van der Waals surface area contributed by atoms with Crippen LogP contribution in [0, 0.1) is 0 Å². The monoisotopic (exact) mass is 246 g/mol. The summed E-state index contributed by atoms with van der Waals surface area (Å²) in [5.74, 6) is -1.50. The van der Waals surface area contributed by atoms with E-state index in [1.54, 1.807) is 0 Å². The summed E-state index contributed by atoms with van der Waals surface area (Å²) in [6.45, 7) is 0. The van der Waals surface area contributed by atoms with Crippen molar-refractivity contribution in [3.63, 3.8) is 0 Å². The maximum absolute atomic E-state index is 10.1. The van der Waals surface area contributed by atoms with Crippen LogP contribution in [0.25, 0.3) is 0 Å². The number of rotatable bonds is 3. The molecule has 0 aromatic rings. The van der Waals surface area contributed by atoms with Gasteiger partial charge in [0.2, 0.25) is 0 Å². The zero-order valence-electron chi connectivity index (χ0n) is 4.72. The van der Waals surface area contributed by atoms with Crippen molar-refractivity contribution in [2.45, 2.75) is 0 Å². The third-order valence-corrected chi connectivity index (χ3v) is 1.39. The topological polar surface area (TPSA) is 104 Å². The minimum atomic E-state index is -4.27. The summed E-state index contributed by atoms with van der Waals surface area (Å²) < 4.78 is 13.1. The third-order valence-electron chi connectivity index (χ3n) is 0.463. The smallest absolute Gasteiger partial charge is 0.366 e. The average Bonchev–Trinajstić information content (AvgIpc) is 1.63. The van der Waals surface area contributed by atoms with Gasteiger partial charge >= 0.3 is 13.6 Å². The minimum Gasteiger partial charge on any atom is -0.481 e. The molecule has 0 radical (unpaired) electrons. The van der Waals surface area contributed by atoms with Crippen LogP contribution in [0.3, 0.4) is 0 Å².